The Balaban J connectivity index is 3.80. The molecule has 0 radical (unpaired) electrons. The van der Waals surface area contributed by atoms with E-state index in [4.69, 9.17) is 20.9 Å². The molecule has 0 saturated heterocycles. The Bertz CT molecular complexity index is 305. The van der Waals surface area contributed by atoms with E-state index in [0.29, 0.717) is 18.8 Å². The van der Waals surface area contributed by atoms with Gasteiger partial charge in [0, 0.05) is 6.04 Å². The molecule has 4 N–H and O–H groups in total. The van der Waals surface area contributed by atoms with Gasteiger partial charge in [-0.3, -0.25) is 9.59 Å². The molecule has 19 heavy (non-hydrogen) atoms. The molecule has 0 heterocycles. The van der Waals surface area contributed by atoms with Crippen molar-refractivity contribution in [3.05, 3.63) is 12.7 Å². The molecule has 6 nitrogen and oxygen atoms in total. The zero-order chi connectivity index (χ0) is 14.8. The Morgan fingerprint density at radius 2 is 1.89 bits per heavy atom. The molecule has 0 aliphatic heterocycles. The monoisotopic (exact) mass is 272 g/mol. The number of esters is 2. The molecule has 0 aromatic rings. The summed E-state index contributed by atoms with van der Waals surface area (Å²) >= 11 is 0. The van der Waals surface area contributed by atoms with Gasteiger partial charge in [-0.05, 0) is 18.8 Å². The van der Waals surface area contributed by atoms with Gasteiger partial charge >= 0.3 is 11.9 Å². The zero-order valence-corrected chi connectivity index (χ0v) is 11.6. The summed E-state index contributed by atoms with van der Waals surface area (Å²) in [5.41, 5.74) is 11.2. The lowest BCUT2D eigenvalue weighted by Gasteiger charge is -2.14. The van der Waals surface area contributed by atoms with Gasteiger partial charge in [0.2, 0.25) is 6.79 Å². The van der Waals surface area contributed by atoms with Gasteiger partial charge in [-0.1, -0.05) is 19.9 Å². The maximum atomic E-state index is 11.4. The van der Waals surface area contributed by atoms with Crippen LogP contribution in [0.4, 0.5) is 0 Å². The summed E-state index contributed by atoms with van der Waals surface area (Å²) in [6.45, 7) is 7.00. The summed E-state index contributed by atoms with van der Waals surface area (Å²) in [6, 6.07) is -1.02. The predicted octanol–water partition coefficient (Wildman–Crippen LogP) is 0.697. The van der Waals surface area contributed by atoms with Gasteiger partial charge in [0.1, 0.15) is 6.04 Å². The second-order valence-corrected chi connectivity index (χ2v) is 4.82. The molecule has 110 valence electrons. The van der Waals surface area contributed by atoms with Gasteiger partial charge in [0.05, 0.1) is 6.42 Å². The third-order valence-corrected chi connectivity index (χ3v) is 2.35. The molecule has 0 spiro atoms. The number of rotatable bonds is 9. The smallest absolute Gasteiger partial charge is 0.325 e. The summed E-state index contributed by atoms with van der Waals surface area (Å²) in [4.78, 5) is 22.7. The van der Waals surface area contributed by atoms with Crippen LogP contribution >= 0.6 is 0 Å². The van der Waals surface area contributed by atoms with Crippen molar-refractivity contribution in [2.75, 3.05) is 6.79 Å². The lowest BCUT2D eigenvalue weighted by atomic mass is 10.1. The Morgan fingerprint density at radius 3 is 2.42 bits per heavy atom. The molecule has 0 amide bonds. The second-order valence-electron chi connectivity index (χ2n) is 4.82. The fourth-order valence-electron chi connectivity index (χ4n) is 1.43. The first-order valence-electron chi connectivity index (χ1n) is 6.31. The molecule has 0 aromatic heterocycles. The molecule has 0 rings (SSSR count). The molecule has 0 aliphatic rings. The summed E-state index contributed by atoms with van der Waals surface area (Å²) in [5, 5.41) is 0. The highest BCUT2D eigenvalue weighted by atomic mass is 16.7. The molecule has 0 aliphatic carbocycles. The molecule has 0 saturated carbocycles. The van der Waals surface area contributed by atoms with Crippen molar-refractivity contribution in [3.8, 4) is 0 Å². The Morgan fingerprint density at radius 1 is 1.26 bits per heavy atom. The van der Waals surface area contributed by atoms with Gasteiger partial charge < -0.3 is 20.9 Å². The van der Waals surface area contributed by atoms with E-state index in [-0.39, 0.29) is 12.5 Å². The fraction of sp³-hybridized carbons (Fsp3) is 0.692. The zero-order valence-electron chi connectivity index (χ0n) is 11.6. The first-order valence-corrected chi connectivity index (χ1v) is 6.31. The number of hydrogen-bond donors (Lipinski definition) is 2. The minimum atomic E-state index is -0.693. The van der Waals surface area contributed by atoms with Crippen LogP contribution in [0.15, 0.2) is 12.7 Å². The van der Waals surface area contributed by atoms with E-state index in [1.165, 1.54) is 0 Å². The van der Waals surface area contributed by atoms with Crippen LogP contribution in [-0.2, 0) is 19.1 Å². The summed E-state index contributed by atoms with van der Waals surface area (Å²) < 4.78 is 9.48. The van der Waals surface area contributed by atoms with Crippen LogP contribution in [0.5, 0.6) is 0 Å². The number of carbonyl (C=O) groups excluding carboxylic acids is 2. The van der Waals surface area contributed by atoms with Crippen molar-refractivity contribution in [2.45, 2.75) is 45.2 Å². The fourth-order valence-corrected chi connectivity index (χ4v) is 1.43. The van der Waals surface area contributed by atoms with E-state index in [1.54, 1.807) is 6.08 Å². The lowest BCUT2D eigenvalue weighted by molar-refractivity contribution is -0.168. The van der Waals surface area contributed by atoms with Crippen molar-refractivity contribution < 1.29 is 19.1 Å². The molecular formula is C13H24N2O4. The predicted molar refractivity (Wildman–Crippen MR) is 71.9 cm³/mol. The van der Waals surface area contributed by atoms with E-state index in [0.717, 1.165) is 0 Å². The van der Waals surface area contributed by atoms with Crippen LogP contribution in [-0.4, -0.2) is 30.8 Å². The first-order chi connectivity index (χ1) is 8.86. The molecule has 2 atom stereocenters. The third-order valence-electron chi connectivity index (χ3n) is 2.35. The van der Waals surface area contributed by atoms with Crippen LogP contribution in [0.1, 0.15) is 33.1 Å². The van der Waals surface area contributed by atoms with Crippen LogP contribution in [0.2, 0.25) is 0 Å². The molecule has 2 unspecified atom stereocenters. The van der Waals surface area contributed by atoms with Crippen LogP contribution in [0, 0.1) is 5.92 Å². The molecule has 0 fully saturated rings. The molecule has 6 heteroatoms. The first kappa shape index (κ1) is 17.6. The Labute approximate surface area is 114 Å². The minimum absolute atomic E-state index is 0.0572. The van der Waals surface area contributed by atoms with Crippen LogP contribution < -0.4 is 11.5 Å². The largest absolute Gasteiger partial charge is 0.428 e. The van der Waals surface area contributed by atoms with Gasteiger partial charge in [-0.15, -0.1) is 6.58 Å². The maximum Gasteiger partial charge on any atom is 0.325 e. The Hall–Kier alpha value is -1.40. The van der Waals surface area contributed by atoms with Crippen molar-refractivity contribution in [1.82, 2.24) is 0 Å². The third kappa shape index (κ3) is 9.21. The van der Waals surface area contributed by atoms with Crippen molar-refractivity contribution in [3.63, 3.8) is 0 Å². The van der Waals surface area contributed by atoms with E-state index in [9.17, 15) is 9.59 Å². The van der Waals surface area contributed by atoms with Crippen LogP contribution in [0.25, 0.3) is 0 Å². The SMILES string of the molecule is C=CCC(N)CC(=O)OCOC(=O)C(N)CC(C)C. The topological polar surface area (TPSA) is 105 Å². The standard InChI is InChI=1S/C13H24N2O4/c1-4-5-10(14)7-12(16)18-8-19-13(17)11(15)6-9(2)3/h4,9-11H,1,5-8,14-15H2,2-3H3. The average Bonchev–Trinajstić information content (AvgIpc) is 2.27. The van der Waals surface area contributed by atoms with Gasteiger partial charge in [0.25, 0.3) is 0 Å². The number of hydrogen-bond acceptors (Lipinski definition) is 6. The number of carbonyl (C=O) groups is 2. The van der Waals surface area contributed by atoms with Gasteiger partial charge in [-0.25, -0.2) is 0 Å². The highest BCUT2D eigenvalue weighted by Crippen LogP contribution is 2.04. The summed E-state index contributed by atoms with van der Waals surface area (Å²) in [5.74, 6) is -0.793. The molecule has 0 bridgehead atoms. The van der Waals surface area contributed by atoms with Crippen molar-refractivity contribution in [2.24, 2.45) is 17.4 Å². The molecular weight excluding hydrogens is 248 g/mol. The van der Waals surface area contributed by atoms with E-state index in [2.05, 4.69) is 6.58 Å². The van der Waals surface area contributed by atoms with Gasteiger partial charge in [0.15, 0.2) is 0 Å². The van der Waals surface area contributed by atoms with E-state index >= 15 is 0 Å². The quantitative estimate of drug-likeness (QED) is 0.363. The maximum absolute atomic E-state index is 11.4. The van der Waals surface area contributed by atoms with Crippen molar-refractivity contribution >= 4 is 11.9 Å². The Kier molecular flexibility index (Phi) is 8.82. The van der Waals surface area contributed by atoms with E-state index in [1.807, 2.05) is 13.8 Å². The normalized spacial score (nSPS) is 13.7. The lowest BCUT2D eigenvalue weighted by Crippen LogP contribution is -2.34. The number of ether oxygens (including phenoxy) is 2. The van der Waals surface area contributed by atoms with Crippen LogP contribution in [0.3, 0.4) is 0 Å². The highest BCUT2D eigenvalue weighted by Gasteiger charge is 2.17. The second kappa shape index (κ2) is 9.52. The minimum Gasteiger partial charge on any atom is -0.428 e. The van der Waals surface area contributed by atoms with Crippen molar-refractivity contribution in [1.29, 1.82) is 0 Å². The average molecular weight is 272 g/mol. The number of nitrogens with two attached hydrogens (primary N) is 2. The highest BCUT2D eigenvalue weighted by molar-refractivity contribution is 5.75. The van der Waals surface area contributed by atoms with Gasteiger partial charge in [-0.2, -0.15) is 0 Å². The van der Waals surface area contributed by atoms with E-state index < -0.39 is 24.8 Å². The summed E-state index contributed by atoms with van der Waals surface area (Å²) in [7, 11) is 0. The molecule has 0 aromatic carbocycles. The summed E-state index contributed by atoms with van der Waals surface area (Å²) in [6.07, 6.45) is 2.73.